The van der Waals surface area contributed by atoms with Crippen molar-refractivity contribution in [2.75, 3.05) is 0 Å². The summed E-state index contributed by atoms with van der Waals surface area (Å²) < 4.78 is 0. The average Bonchev–Trinajstić information content (AvgIpc) is 2.52. The first-order valence-corrected chi connectivity index (χ1v) is 4.86. The first kappa shape index (κ1) is 9.27. The van der Waals surface area contributed by atoms with Crippen molar-refractivity contribution in [3.05, 3.63) is 34.9 Å². The molecule has 2 rings (SSSR count). The number of thiocarbonyl (C=S) groups is 1. The van der Waals surface area contributed by atoms with E-state index in [9.17, 15) is 0 Å². The van der Waals surface area contributed by atoms with Crippen LogP contribution in [0.4, 0.5) is 0 Å². The number of aryl methyl sites for hydroxylation is 2. The summed E-state index contributed by atoms with van der Waals surface area (Å²) in [4.78, 5) is 0.678. The van der Waals surface area contributed by atoms with E-state index < -0.39 is 0 Å². The molecule has 72 valence electrons. The van der Waals surface area contributed by atoms with Crippen LogP contribution in [0.2, 0.25) is 0 Å². The van der Waals surface area contributed by atoms with Crippen LogP contribution in [-0.4, -0.2) is 4.99 Å². The standard InChI is InChI=1S/C10H11N3S/c1-6-3-4-8(7(2)5-6)9-10(14)12-13-11-9/h3-5,9H,1-2H3,(H,11,12,14). The summed E-state index contributed by atoms with van der Waals surface area (Å²) in [6.07, 6.45) is 0. The Bertz CT molecular complexity index is 412. The van der Waals surface area contributed by atoms with Crippen molar-refractivity contribution >= 4 is 17.2 Å². The zero-order valence-corrected chi connectivity index (χ0v) is 8.93. The van der Waals surface area contributed by atoms with Crippen LogP contribution in [0, 0.1) is 13.8 Å². The Balaban J connectivity index is 2.41. The van der Waals surface area contributed by atoms with Gasteiger partial charge in [-0.05, 0) is 25.0 Å². The van der Waals surface area contributed by atoms with E-state index in [0.29, 0.717) is 4.99 Å². The molecule has 1 N–H and O–H groups in total. The maximum Gasteiger partial charge on any atom is 0.150 e. The summed E-state index contributed by atoms with van der Waals surface area (Å²) in [5.41, 5.74) is 6.29. The zero-order chi connectivity index (χ0) is 10.1. The van der Waals surface area contributed by atoms with Crippen LogP contribution in [0.1, 0.15) is 22.7 Å². The largest absolute Gasteiger partial charge is 0.251 e. The van der Waals surface area contributed by atoms with E-state index in [1.807, 2.05) is 0 Å². The molecular formula is C10H11N3S. The summed E-state index contributed by atoms with van der Waals surface area (Å²) in [5.74, 6) is 0. The fourth-order valence-corrected chi connectivity index (χ4v) is 1.80. The summed E-state index contributed by atoms with van der Waals surface area (Å²) in [6.45, 7) is 4.14. The number of hydrogen-bond donors (Lipinski definition) is 1. The van der Waals surface area contributed by atoms with Gasteiger partial charge in [-0.1, -0.05) is 41.2 Å². The summed E-state index contributed by atoms with van der Waals surface area (Å²) in [6, 6.07) is 6.17. The molecule has 1 aromatic carbocycles. The summed E-state index contributed by atoms with van der Waals surface area (Å²) >= 11 is 5.12. The molecule has 4 heteroatoms. The lowest BCUT2D eigenvalue weighted by Crippen LogP contribution is -2.15. The molecule has 1 heterocycles. The summed E-state index contributed by atoms with van der Waals surface area (Å²) in [7, 11) is 0. The van der Waals surface area contributed by atoms with Crippen LogP contribution < -0.4 is 5.43 Å². The van der Waals surface area contributed by atoms with Gasteiger partial charge in [-0.25, -0.2) is 0 Å². The maximum absolute atomic E-state index is 5.12. The molecule has 0 spiro atoms. The van der Waals surface area contributed by atoms with Crippen molar-refractivity contribution in [1.82, 2.24) is 5.43 Å². The molecule has 0 bridgehead atoms. The molecule has 1 aliphatic rings. The Morgan fingerprint density at radius 3 is 2.71 bits per heavy atom. The topological polar surface area (TPSA) is 36.8 Å². The van der Waals surface area contributed by atoms with Crippen LogP contribution in [0.15, 0.2) is 28.5 Å². The molecule has 0 radical (unpaired) electrons. The van der Waals surface area contributed by atoms with Gasteiger partial charge in [0.15, 0.2) is 0 Å². The molecule has 0 fully saturated rings. The molecule has 0 saturated carbocycles. The minimum Gasteiger partial charge on any atom is -0.251 e. The number of hydrogen-bond acceptors (Lipinski definition) is 3. The Morgan fingerprint density at radius 1 is 1.36 bits per heavy atom. The minimum absolute atomic E-state index is 0.0920. The third-order valence-electron chi connectivity index (χ3n) is 2.30. The molecule has 14 heavy (non-hydrogen) atoms. The fourth-order valence-electron chi connectivity index (χ4n) is 1.59. The Kier molecular flexibility index (Phi) is 2.29. The normalized spacial score (nSPS) is 19.9. The molecule has 1 unspecified atom stereocenters. The van der Waals surface area contributed by atoms with E-state index in [1.54, 1.807) is 0 Å². The molecule has 0 amide bonds. The second-order valence-corrected chi connectivity index (χ2v) is 3.89. The Labute approximate surface area is 88.2 Å². The van der Waals surface area contributed by atoms with Crippen LogP contribution in [0.3, 0.4) is 0 Å². The van der Waals surface area contributed by atoms with Crippen molar-refractivity contribution < 1.29 is 0 Å². The third kappa shape index (κ3) is 1.53. The molecule has 0 aromatic heterocycles. The van der Waals surface area contributed by atoms with Gasteiger partial charge in [0, 0.05) is 0 Å². The van der Waals surface area contributed by atoms with E-state index >= 15 is 0 Å². The van der Waals surface area contributed by atoms with E-state index in [-0.39, 0.29) is 6.04 Å². The van der Waals surface area contributed by atoms with Gasteiger partial charge in [0.05, 0.1) is 0 Å². The van der Waals surface area contributed by atoms with Gasteiger partial charge in [-0.2, -0.15) is 5.11 Å². The number of nitrogens with one attached hydrogen (secondary N) is 1. The first-order chi connectivity index (χ1) is 6.68. The highest BCUT2D eigenvalue weighted by Crippen LogP contribution is 2.25. The monoisotopic (exact) mass is 205 g/mol. The predicted octanol–water partition coefficient (Wildman–Crippen LogP) is 2.64. The molecule has 1 aliphatic heterocycles. The number of rotatable bonds is 1. The number of nitrogens with zero attached hydrogens (tertiary/aromatic N) is 2. The zero-order valence-electron chi connectivity index (χ0n) is 8.11. The SMILES string of the molecule is Cc1ccc(C2N=NNC2=S)c(C)c1. The van der Waals surface area contributed by atoms with E-state index in [0.717, 1.165) is 5.56 Å². The van der Waals surface area contributed by atoms with Crippen molar-refractivity contribution in [2.24, 2.45) is 10.3 Å². The van der Waals surface area contributed by atoms with Crippen molar-refractivity contribution in [3.63, 3.8) is 0 Å². The van der Waals surface area contributed by atoms with Crippen molar-refractivity contribution in [1.29, 1.82) is 0 Å². The van der Waals surface area contributed by atoms with Gasteiger partial charge in [0.1, 0.15) is 11.0 Å². The minimum atomic E-state index is -0.0920. The fraction of sp³-hybridized carbons (Fsp3) is 0.300. The van der Waals surface area contributed by atoms with E-state index in [1.165, 1.54) is 11.1 Å². The lowest BCUT2D eigenvalue weighted by molar-refractivity contribution is 0.893. The second-order valence-electron chi connectivity index (χ2n) is 3.45. The average molecular weight is 205 g/mol. The Morgan fingerprint density at radius 2 is 2.14 bits per heavy atom. The lowest BCUT2D eigenvalue weighted by Gasteiger charge is -2.09. The lowest BCUT2D eigenvalue weighted by atomic mass is 10.00. The van der Waals surface area contributed by atoms with Gasteiger partial charge < -0.3 is 0 Å². The molecule has 0 saturated heterocycles. The smallest absolute Gasteiger partial charge is 0.150 e. The van der Waals surface area contributed by atoms with Crippen LogP contribution in [0.5, 0.6) is 0 Å². The quantitative estimate of drug-likeness (QED) is 0.715. The number of benzene rings is 1. The van der Waals surface area contributed by atoms with Crippen LogP contribution in [0.25, 0.3) is 0 Å². The van der Waals surface area contributed by atoms with Crippen LogP contribution >= 0.6 is 12.2 Å². The van der Waals surface area contributed by atoms with E-state index in [4.69, 9.17) is 12.2 Å². The third-order valence-corrected chi connectivity index (χ3v) is 2.62. The predicted molar refractivity (Wildman–Crippen MR) is 59.2 cm³/mol. The molecule has 0 aliphatic carbocycles. The maximum atomic E-state index is 5.12. The first-order valence-electron chi connectivity index (χ1n) is 4.45. The van der Waals surface area contributed by atoms with Crippen molar-refractivity contribution in [2.45, 2.75) is 19.9 Å². The molecule has 1 atom stereocenters. The van der Waals surface area contributed by atoms with Crippen molar-refractivity contribution in [3.8, 4) is 0 Å². The van der Waals surface area contributed by atoms with Gasteiger partial charge in [0.25, 0.3) is 0 Å². The van der Waals surface area contributed by atoms with Gasteiger partial charge in [-0.15, -0.1) is 0 Å². The summed E-state index contributed by atoms with van der Waals surface area (Å²) in [5, 5.41) is 7.77. The van der Waals surface area contributed by atoms with E-state index in [2.05, 4.69) is 47.8 Å². The molecular weight excluding hydrogens is 194 g/mol. The highest BCUT2D eigenvalue weighted by molar-refractivity contribution is 7.80. The van der Waals surface area contributed by atoms with Gasteiger partial charge in [-0.3, -0.25) is 5.43 Å². The highest BCUT2D eigenvalue weighted by Gasteiger charge is 2.21. The molecule has 1 aromatic rings. The van der Waals surface area contributed by atoms with Crippen LogP contribution in [-0.2, 0) is 0 Å². The van der Waals surface area contributed by atoms with Gasteiger partial charge >= 0.3 is 0 Å². The molecule has 3 nitrogen and oxygen atoms in total. The van der Waals surface area contributed by atoms with Gasteiger partial charge in [0.2, 0.25) is 0 Å². The highest BCUT2D eigenvalue weighted by atomic mass is 32.1. The Hall–Kier alpha value is -1.29. The second kappa shape index (κ2) is 3.46.